The normalized spacial score (nSPS) is 13.2. The molecule has 0 rings (SSSR count). The van der Waals surface area contributed by atoms with Gasteiger partial charge in [0.25, 0.3) is 0 Å². The van der Waals surface area contributed by atoms with E-state index >= 15 is 0 Å². The van der Waals surface area contributed by atoms with Crippen molar-refractivity contribution in [3.8, 4) is 0 Å². The summed E-state index contributed by atoms with van der Waals surface area (Å²) >= 11 is 0. The number of nitrogens with two attached hydrogens (primary N) is 1. The van der Waals surface area contributed by atoms with Crippen molar-refractivity contribution in [2.45, 2.75) is 59.8 Å². The highest BCUT2D eigenvalue weighted by atomic mass is 16.5. The van der Waals surface area contributed by atoms with Crippen molar-refractivity contribution in [1.29, 1.82) is 0 Å². The number of hydrogen-bond donors (Lipinski definition) is 2. The molecule has 0 aromatic carbocycles. The van der Waals surface area contributed by atoms with Crippen LogP contribution in [0.3, 0.4) is 0 Å². The fraction of sp³-hybridized carbons (Fsp3) is 0.938. The molecule has 1 atom stereocenters. The monoisotopic (exact) mass is 286 g/mol. The Kier molecular flexibility index (Phi) is 10.8. The molecule has 0 bridgehead atoms. The zero-order chi connectivity index (χ0) is 15.4. The molecule has 120 valence electrons. The summed E-state index contributed by atoms with van der Waals surface area (Å²) in [6.45, 7) is 11.7. The van der Waals surface area contributed by atoms with Gasteiger partial charge in [0.1, 0.15) is 0 Å². The Morgan fingerprint density at radius 1 is 1.25 bits per heavy atom. The van der Waals surface area contributed by atoms with E-state index in [9.17, 15) is 4.79 Å². The lowest BCUT2D eigenvalue weighted by molar-refractivity contribution is -0.121. The van der Waals surface area contributed by atoms with Crippen LogP contribution in [0, 0.1) is 11.3 Å². The van der Waals surface area contributed by atoms with E-state index < -0.39 is 0 Å². The van der Waals surface area contributed by atoms with Crippen LogP contribution in [0.5, 0.6) is 0 Å². The van der Waals surface area contributed by atoms with Gasteiger partial charge in [-0.15, -0.1) is 0 Å². The Bertz CT molecular complexity index is 249. The molecule has 4 nitrogen and oxygen atoms in total. The molecule has 1 amide bonds. The molecule has 20 heavy (non-hydrogen) atoms. The predicted molar refractivity (Wildman–Crippen MR) is 84.6 cm³/mol. The molecule has 4 heteroatoms. The maximum atomic E-state index is 11.8. The van der Waals surface area contributed by atoms with E-state index in [-0.39, 0.29) is 11.3 Å². The second-order valence-corrected chi connectivity index (χ2v) is 6.49. The largest absolute Gasteiger partial charge is 0.381 e. The Balaban J connectivity index is 3.74. The van der Waals surface area contributed by atoms with Crippen molar-refractivity contribution in [3.05, 3.63) is 0 Å². The van der Waals surface area contributed by atoms with Crippen LogP contribution in [0.2, 0.25) is 0 Å². The maximum absolute atomic E-state index is 11.8. The summed E-state index contributed by atoms with van der Waals surface area (Å²) in [6, 6.07) is 0. The number of hydrogen-bond acceptors (Lipinski definition) is 3. The molecule has 0 saturated carbocycles. The number of amides is 1. The van der Waals surface area contributed by atoms with Gasteiger partial charge < -0.3 is 15.8 Å². The summed E-state index contributed by atoms with van der Waals surface area (Å²) in [5, 5.41) is 2.96. The smallest absolute Gasteiger partial charge is 0.220 e. The lowest BCUT2D eigenvalue weighted by Crippen LogP contribution is -2.28. The lowest BCUT2D eigenvalue weighted by atomic mass is 9.76. The molecular weight excluding hydrogens is 252 g/mol. The number of carbonyl (C=O) groups is 1. The van der Waals surface area contributed by atoms with Gasteiger partial charge >= 0.3 is 0 Å². The zero-order valence-corrected chi connectivity index (χ0v) is 13.8. The highest BCUT2D eigenvalue weighted by Gasteiger charge is 2.24. The van der Waals surface area contributed by atoms with Gasteiger partial charge in [0.2, 0.25) is 5.91 Å². The molecule has 1 unspecified atom stereocenters. The maximum Gasteiger partial charge on any atom is 0.220 e. The summed E-state index contributed by atoms with van der Waals surface area (Å²) in [5.74, 6) is 0.651. The van der Waals surface area contributed by atoms with E-state index in [0.717, 1.165) is 38.9 Å². The third-order valence-electron chi connectivity index (χ3n) is 3.60. The molecule has 0 aromatic heterocycles. The minimum absolute atomic E-state index is 0.145. The van der Waals surface area contributed by atoms with E-state index in [0.29, 0.717) is 25.4 Å². The van der Waals surface area contributed by atoms with Crippen molar-refractivity contribution >= 4 is 5.91 Å². The zero-order valence-electron chi connectivity index (χ0n) is 13.8. The first-order chi connectivity index (χ1) is 9.41. The molecule has 0 aromatic rings. The second kappa shape index (κ2) is 11.1. The van der Waals surface area contributed by atoms with Crippen LogP contribution in [0.25, 0.3) is 0 Å². The molecule has 0 saturated heterocycles. The Labute approximate surface area is 124 Å². The van der Waals surface area contributed by atoms with Gasteiger partial charge in [-0.25, -0.2) is 0 Å². The standard InChI is InChI=1S/C16H34N2O2/c1-5-12-20-13-6-11-18-15(19)8-7-14(9-10-17)16(2,3)4/h14H,5-13,17H2,1-4H3,(H,18,19). The topological polar surface area (TPSA) is 64.3 Å². The number of ether oxygens (including phenoxy) is 1. The molecule has 0 aliphatic rings. The minimum Gasteiger partial charge on any atom is -0.381 e. The number of rotatable bonds is 11. The first kappa shape index (κ1) is 19.4. The highest BCUT2D eigenvalue weighted by molar-refractivity contribution is 5.75. The van der Waals surface area contributed by atoms with E-state index in [4.69, 9.17) is 10.5 Å². The Morgan fingerprint density at radius 3 is 2.50 bits per heavy atom. The van der Waals surface area contributed by atoms with E-state index in [1.165, 1.54) is 0 Å². The van der Waals surface area contributed by atoms with Gasteiger partial charge in [-0.3, -0.25) is 4.79 Å². The van der Waals surface area contributed by atoms with Gasteiger partial charge in [-0.05, 0) is 43.6 Å². The van der Waals surface area contributed by atoms with Gasteiger partial charge in [-0.1, -0.05) is 27.7 Å². The van der Waals surface area contributed by atoms with E-state index in [1.54, 1.807) is 0 Å². The summed E-state index contributed by atoms with van der Waals surface area (Å²) < 4.78 is 5.37. The molecule has 0 fully saturated rings. The lowest BCUT2D eigenvalue weighted by Gasteiger charge is -2.30. The van der Waals surface area contributed by atoms with Crippen LogP contribution in [0.4, 0.5) is 0 Å². The molecule has 3 N–H and O–H groups in total. The quantitative estimate of drug-likeness (QED) is 0.574. The van der Waals surface area contributed by atoms with Crippen LogP contribution in [-0.2, 0) is 9.53 Å². The average molecular weight is 286 g/mol. The van der Waals surface area contributed by atoms with Gasteiger partial charge in [-0.2, -0.15) is 0 Å². The fourth-order valence-corrected chi connectivity index (χ4v) is 2.25. The van der Waals surface area contributed by atoms with Crippen molar-refractivity contribution in [2.75, 3.05) is 26.3 Å². The van der Waals surface area contributed by atoms with Gasteiger partial charge in [0.05, 0.1) is 0 Å². The highest BCUT2D eigenvalue weighted by Crippen LogP contribution is 2.31. The van der Waals surface area contributed by atoms with E-state index in [1.807, 2.05) is 0 Å². The summed E-state index contributed by atoms with van der Waals surface area (Å²) in [4.78, 5) is 11.8. The molecule has 0 radical (unpaired) electrons. The van der Waals surface area contributed by atoms with Crippen molar-refractivity contribution in [1.82, 2.24) is 5.32 Å². The summed E-state index contributed by atoms with van der Waals surface area (Å²) in [7, 11) is 0. The Morgan fingerprint density at radius 2 is 1.95 bits per heavy atom. The molecule has 0 aliphatic heterocycles. The van der Waals surface area contributed by atoms with Crippen LogP contribution in [0.15, 0.2) is 0 Å². The predicted octanol–water partition coefficient (Wildman–Crippen LogP) is 2.71. The number of carbonyl (C=O) groups excluding carboxylic acids is 1. The van der Waals surface area contributed by atoms with Crippen LogP contribution < -0.4 is 11.1 Å². The third kappa shape index (κ3) is 10.2. The number of nitrogens with one attached hydrogen (secondary N) is 1. The summed E-state index contributed by atoms with van der Waals surface area (Å²) in [5.41, 5.74) is 5.87. The third-order valence-corrected chi connectivity index (χ3v) is 3.60. The van der Waals surface area contributed by atoms with Gasteiger partial charge in [0, 0.05) is 26.2 Å². The van der Waals surface area contributed by atoms with Crippen molar-refractivity contribution < 1.29 is 9.53 Å². The average Bonchev–Trinajstić information content (AvgIpc) is 2.37. The first-order valence-electron chi connectivity index (χ1n) is 7.96. The summed E-state index contributed by atoms with van der Waals surface area (Å²) in [6.07, 6.45) is 4.43. The van der Waals surface area contributed by atoms with Gasteiger partial charge in [0.15, 0.2) is 0 Å². The SMILES string of the molecule is CCCOCCCNC(=O)CCC(CCN)C(C)(C)C. The van der Waals surface area contributed by atoms with Crippen molar-refractivity contribution in [3.63, 3.8) is 0 Å². The Hall–Kier alpha value is -0.610. The second-order valence-electron chi connectivity index (χ2n) is 6.49. The van der Waals surface area contributed by atoms with E-state index in [2.05, 4.69) is 33.0 Å². The molecule has 0 heterocycles. The molecule has 0 aliphatic carbocycles. The molecule has 0 spiro atoms. The molecular formula is C16H34N2O2. The first-order valence-corrected chi connectivity index (χ1v) is 7.96. The van der Waals surface area contributed by atoms with Crippen LogP contribution in [-0.4, -0.2) is 32.2 Å². The van der Waals surface area contributed by atoms with Crippen molar-refractivity contribution in [2.24, 2.45) is 17.1 Å². The minimum atomic E-state index is 0.145. The van der Waals surface area contributed by atoms with Crippen LogP contribution in [0.1, 0.15) is 59.8 Å². The fourth-order valence-electron chi connectivity index (χ4n) is 2.25. The van der Waals surface area contributed by atoms with Crippen LogP contribution >= 0.6 is 0 Å².